The van der Waals surface area contributed by atoms with Gasteiger partial charge in [0.05, 0.1) is 17.4 Å². The molecule has 0 bridgehead atoms. The van der Waals surface area contributed by atoms with Gasteiger partial charge in [-0.2, -0.15) is 0 Å². The number of primary amides is 1. The molecule has 0 radical (unpaired) electrons. The maximum Gasteiger partial charge on any atom is 0.314 e. The highest BCUT2D eigenvalue weighted by atomic mass is 35.5. The standard InChI is InChI=1S/C24H26ClN5O/c1-16(7-11-27-2)23-22(17-9-13-29(14-10-17)24(26)31)20-8-12-28-15-21(20)30(23)19-5-3-18(25)4-6-19/h3-8,11-12,15,17H,9-10,13-14H2,1-2H3,(H2,26,31)/b16-7+,27-11-. The van der Waals surface area contributed by atoms with Crippen LogP contribution in [-0.4, -0.2) is 46.8 Å². The molecule has 1 aromatic carbocycles. The number of allylic oxidation sites excluding steroid dienone is 2. The average Bonchev–Trinajstić information content (AvgIpc) is 3.13. The number of hydrogen-bond acceptors (Lipinski definition) is 3. The Kier molecular flexibility index (Phi) is 6.09. The number of halogens is 1. The summed E-state index contributed by atoms with van der Waals surface area (Å²) in [7, 11) is 1.77. The lowest BCUT2D eigenvalue weighted by atomic mass is 9.86. The van der Waals surface area contributed by atoms with Crippen molar-refractivity contribution in [1.29, 1.82) is 0 Å². The van der Waals surface area contributed by atoms with Crippen molar-refractivity contribution < 1.29 is 4.79 Å². The predicted molar refractivity (Wildman–Crippen MR) is 127 cm³/mol. The molecule has 2 N–H and O–H groups in total. The molecule has 2 amide bonds. The third-order valence-electron chi connectivity index (χ3n) is 5.96. The van der Waals surface area contributed by atoms with Crippen molar-refractivity contribution in [1.82, 2.24) is 14.5 Å². The maximum absolute atomic E-state index is 11.6. The van der Waals surface area contributed by atoms with Crippen LogP contribution in [-0.2, 0) is 0 Å². The summed E-state index contributed by atoms with van der Waals surface area (Å²) in [6.07, 6.45) is 9.34. The summed E-state index contributed by atoms with van der Waals surface area (Å²) in [4.78, 5) is 21.9. The Labute approximate surface area is 187 Å². The van der Waals surface area contributed by atoms with Gasteiger partial charge in [-0.1, -0.05) is 11.6 Å². The normalized spacial score (nSPS) is 15.8. The summed E-state index contributed by atoms with van der Waals surface area (Å²) in [5, 5.41) is 1.88. The topological polar surface area (TPSA) is 76.5 Å². The lowest BCUT2D eigenvalue weighted by Gasteiger charge is -2.31. The number of nitrogens with two attached hydrogens (primary N) is 1. The Hall–Kier alpha value is -3.12. The lowest BCUT2D eigenvalue weighted by molar-refractivity contribution is 0.191. The van der Waals surface area contributed by atoms with Gasteiger partial charge in [0, 0.05) is 48.6 Å². The minimum Gasteiger partial charge on any atom is -0.351 e. The highest BCUT2D eigenvalue weighted by Gasteiger charge is 2.29. The predicted octanol–water partition coefficient (Wildman–Crippen LogP) is 5.04. The number of fused-ring (bicyclic) bond motifs is 1. The van der Waals surface area contributed by atoms with Gasteiger partial charge in [-0.3, -0.25) is 9.98 Å². The van der Waals surface area contributed by atoms with Crippen LogP contribution < -0.4 is 5.73 Å². The summed E-state index contributed by atoms with van der Waals surface area (Å²) in [5.41, 5.74) is 11.1. The fourth-order valence-corrected chi connectivity index (χ4v) is 4.60. The fourth-order valence-electron chi connectivity index (χ4n) is 4.47. The van der Waals surface area contributed by atoms with E-state index in [9.17, 15) is 4.79 Å². The molecule has 0 atom stereocenters. The number of benzene rings is 1. The Morgan fingerprint density at radius 1 is 1.23 bits per heavy atom. The Balaban J connectivity index is 1.94. The fraction of sp³-hybridized carbons (Fsp3) is 0.292. The van der Waals surface area contributed by atoms with Gasteiger partial charge in [-0.25, -0.2) is 4.79 Å². The SMILES string of the molecule is C/N=C\C=C(/C)c1c(C2CCN(C(N)=O)CC2)c2ccncc2n1-c1ccc(Cl)cc1. The molecular formula is C24H26ClN5O. The maximum atomic E-state index is 11.6. The molecule has 0 saturated carbocycles. The van der Waals surface area contributed by atoms with E-state index in [1.165, 1.54) is 10.9 Å². The first-order chi connectivity index (χ1) is 15.0. The highest BCUT2D eigenvalue weighted by molar-refractivity contribution is 6.30. The van der Waals surface area contributed by atoms with Crippen LogP contribution in [0.2, 0.25) is 5.02 Å². The smallest absolute Gasteiger partial charge is 0.314 e. The number of urea groups is 1. The molecule has 0 aliphatic carbocycles. The zero-order valence-electron chi connectivity index (χ0n) is 17.8. The van der Waals surface area contributed by atoms with Crippen LogP contribution in [0.1, 0.15) is 36.9 Å². The first kappa shape index (κ1) is 21.1. The van der Waals surface area contributed by atoms with E-state index in [-0.39, 0.29) is 6.03 Å². The quantitative estimate of drug-likeness (QED) is 0.582. The minimum absolute atomic E-state index is 0.311. The van der Waals surface area contributed by atoms with Gasteiger partial charge < -0.3 is 15.2 Å². The Morgan fingerprint density at radius 3 is 2.58 bits per heavy atom. The van der Waals surface area contributed by atoms with Crippen molar-refractivity contribution in [3.63, 3.8) is 0 Å². The summed E-state index contributed by atoms with van der Waals surface area (Å²) in [6, 6.07) is 9.60. The molecule has 1 aliphatic heterocycles. The van der Waals surface area contributed by atoms with E-state index < -0.39 is 0 Å². The van der Waals surface area contributed by atoms with Gasteiger partial charge in [-0.15, -0.1) is 0 Å². The zero-order chi connectivity index (χ0) is 22.0. The third kappa shape index (κ3) is 4.08. The lowest BCUT2D eigenvalue weighted by Crippen LogP contribution is -2.41. The largest absolute Gasteiger partial charge is 0.351 e. The Bertz CT molecular complexity index is 1150. The van der Waals surface area contributed by atoms with Crippen molar-refractivity contribution in [3.8, 4) is 5.69 Å². The van der Waals surface area contributed by atoms with Crippen LogP contribution in [0.4, 0.5) is 4.79 Å². The van der Waals surface area contributed by atoms with Crippen LogP contribution in [0.15, 0.2) is 53.8 Å². The third-order valence-corrected chi connectivity index (χ3v) is 6.21. The number of aliphatic imine (C=N–C) groups is 1. The van der Waals surface area contributed by atoms with Crippen molar-refractivity contribution in [2.45, 2.75) is 25.7 Å². The van der Waals surface area contributed by atoms with Crippen molar-refractivity contribution >= 4 is 40.3 Å². The van der Waals surface area contributed by atoms with Gasteiger partial charge in [-0.05, 0) is 73.2 Å². The van der Waals surface area contributed by atoms with E-state index >= 15 is 0 Å². The van der Waals surface area contributed by atoms with Crippen LogP contribution in [0, 0.1) is 0 Å². The second-order valence-electron chi connectivity index (χ2n) is 7.82. The van der Waals surface area contributed by atoms with Crippen LogP contribution in [0.5, 0.6) is 0 Å². The summed E-state index contributed by atoms with van der Waals surface area (Å²) < 4.78 is 2.25. The van der Waals surface area contributed by atoms with E-state index in [2.05, 4.69) is 27.5 Å². The molecule has 1 aliphatic rings. The number of amides is 2. The Morgan fingerprint density at radius 2 is 1.94 bits per heavy atom. The van der Waals surface area contributed by atoms with Crippen LogP contribution in [0.25, 0.3) is 22.2 Å². The molecule has 3 aromatic rings. The first-order valence-electron chi connectivity index (χ1n) is 10.4. The van der Waals surface area contributed by atoms with E-state index in [1.807, 2.05) is 48.9 Å². The summed E-state index contributed by atoms with van der Waals surface area (Å²) >= 11 is 6.16. The number of aromatic nitrogens is 2. The number of carbonyl (C=O) groups is 1. The summed E-state index contributed by atoms with van der Waals surface area (Å²) in [6.45, 7) is 3.44. The average molecular weight is 436 g/mol. The molecule has 31 heavy (non-hydrogen) atoms. The van der Waals surface area contributed by atoms with Gasteiger partial charge in [0.15, 0.2) is 0 Å². The number of carbonyl (C=O) groups excluding carboxylic acids is 1. The van der Waals surface area contributed by atoms with Crippen LogP contribution in [0.3, 0.4) is 0 Å². The minimum atomic E-state index is -0.346. The number of rotatable bonds is 4. The van der Waals surface area contributed by atoms with Gasteiger partial charge in [0.1, 0.15) is 0 Å². The van der Waals surface area contributed by atoms with Crippen molar-refractivity contribution in [2.75, 3.05) is 20.1 Å². The van der Waals surface area contributed by atoms with Gasteiger partial charge in [0.2, 0.25) is 0 Å². The van der Waals surface area contributed by atoms with Gasteiger partial charge >= 0.3 is 6.03 Å². The molecule has 1 fully saturated rings. The molecule has 1 saturated heterocycles. The number of piperidine rings is 1. The molecular weight excluding hydrogens is 410 g/mol. The summed E-state index contributed by atoms with van der Waals surface area (Å²) in [5.74, 6) is 0.311. The number of pyridine rings is 1. The molecule has 0 spiro atoms. The molecule has 3 heterocycles. The van der Waals surface area contributed by atoms with E-state index in [4.69, 9.17) is 17.3 Å². The van der Waals surface area contributed by atoms with E-state index in [1.54, 1.807) is 11.9 Å². The van der Waals surface area contributed by atoms with E-state index in [0.717, 1.165) is 35.3 Å². The highest BCUT2D eigenvalue weighted by Crippen LogP contribution is 2.41. The van der Waals surface area contributed by atoms with Gasteiger partial charge in [0.25, 0.3) is 0 Å². The second kappa shape index (κ2) is 8.94. The van der Waals surface area contributed by atoms with E-state index in [0.29, 0.717) is 24.0 Å². The zero-order valence-corrected chi connectivity index (χ0v) is 18.5. The molecule has 4 rings (SSSR count). The molecule has 160 valence electrons. The van der Waals surface area contributed by atoms with Crippen molar-refractivity contribution in [3.05, 3.63) is 65.1 Å². The molecule has 2 aromatic heterocycles. The molecule has 6 nitrogen and oxygen atoms in total. The molecule has 0 unspecified atom stereocenters. The number of nitrogens with zero attached hydrogens (tertiary/aromatic N) is 4. The first-order valence-corrected chi connectivity index (χ1v) is 10.8. The number of hydrogen-bond donors (Lipinski definition) is 1. The molecule has 7 heteroatoms. The monoisotopic (exact) mass is 435 g/mol. The number of likely N-dealkylation sites (tertiary alicyclic amines) is 1. The van der Waals surface area contributed by atoms with Crippen LogP contribution >= 0.6 is 11.6 Å². The second-order valence-corrected chi connectivity index (χ2v) is 8.26. The van der Waals surface area contributed by atoms with Crippen molar-refractivity contribution in [2.24, 2.45) is 10.7 Å².